The fourth-order valence-corrected chi connectivity index (χ4v) is 0.830. The van der Waals surface area contributed by atoms with E-state index in [9.17, 15) is 4.79 Å². The van der Waals surface area contributed by atoms with Crippen molar-refractivity contribution < 1.29 is 9.90 Å². The molecule has 0 radical (unpaired) electrons. The molecule has 0 aromatic carbocycles. The zero-order valence-corrected chi connectivity index (χ0v) is 6.24. The molecule has 1 aromatic rings. The van der Waals surface area contributed by atoms with Crippen molar-refractivity contribution in [1.29, 1.82) is 0 Å². The number of hydrogen-bond acceptors (Lipinski definition) is 2. The van der Waals surface area contributed by atoms with Crippen LogP contribution in [-0.2, 0) is 11.2 Å². The van der Waals surface area contributed by atoms with Crippen molar-refractivity contribution in [2.45, 2.75) is 13.3 Å². The first-order valence-corrected chi connectivity index (χ1v) is 3.40. The van der Waals surface area contributed by atoms with E-state index < -0.39 is 5.97 Å². The van der Waals surface area contributed by atoms with E-state index >= 15 is 0 Å². The molecule has 0 aliphatic carbocycles. The number of carboxylic acid groups (broad SMARTS) is 1. The molecule has 60 valence electrons. The first kappa shape index (κ1) is 7.78. The number of carbonyl (C=O) groups is 1. The van der Waals surface area contributed by atoms with Gasteiger partial charge in [0.15, 0.2) is 0 Å². The standard InChI is InChI=1S/C7H10N2O2/c1-5(7(10)11)2-6-3-8-9-4-6/h3-5H,2H2,1H3,(H,8,9)(H,10,11). The third kappa shape index (κ3) is 2.07. The molecular formula is C7H10N2O2. The number of aliphatic carboxylic acids is 1. The van der Waals surface area contributed by atoms with Gasteiger partial charge in [0, 0.05) is 6.20 Å². The van der Waals surface area contributed by atoms with Gasteiger partial charge >= 0.3 is 5.97 Å². The van der Waals surface area contributed by atoms with E-state index in [1.807, 2.05) is 0 Å². The highest BCUT2D eigenvalue weighted by molar-refractivity contribution is 5.69. The Balaban J connectivity index is 2.50. The van der Waals surface area contributed by atoms with E-state index in [-0.39, 0.29) is 5.92 Å². The van der Waals surface area contributed by atoms with Crippen molar-refractivity contribution in [3.8, 4) is 0 Å². The van der Waals surface area contributed by atoms with Gasteiger partial charge in [-0.25, -0.2) is 0 Å². The molecule has 1 aromatic heterocycles. The normalized spacial score (nSPS) is 12.8. The van der Waals surface area contributed by atoms with Gasteiger partial charge in [-0.1, -0.05) is 6.92 Å². The Hall–Kier alpha value is -1.32. The molecule has 2 N–H and O–H groups in total. The summed E-state index contributed by atoms with van der Waals surface area (Å²) in [6, 6.07) is 0. The average Bonchev–Trinajstić information content (AvgIpc) is 2.39. The van der Waals surface area contributed by atoms with E-state index in [0.29, 0.717) is 6.42 Å². The first-order valence-electron chi connectivity index (χ1n) is 3.40. The molecule has 1 heterocycles. The molecule has 1 atom stereocenters. The molecular weight excluding hydrogens is 144 g/mol. The Morgan fingerprint density at radius 1 is 1.91 bits per heavy atom. The van der Waals surface area contributed by atoms with Crippen LogP contribution in [0.3, 0.4) is 0 Å². The summed E-state index contributed by atoms with van der Waals surface area (Å²) in [7, 11) is 0. The SMILES string of the molecule is CC(Cc1cn[nH]c1)C(=O)O. The number of hydrogen-bond donors (Lipinski definition) is 2. The summed E-state index contributed by atoms with van der Waals surface area (Å²) in [5.74, 6) is -1.11. The number of aromatic amines is 1. The van der Waals surface area contributed by atoms with Gasteiger partial charge in [0.25, 0.3) is 0 Å². The second-order valence-corrected chi connectivity index (χ2v) is 2.55. The molecule has 0 spiro atoms. The van der Waals surface area contributed by atoms with Crippen molar-refractivity contribution in [2.75, 3.05) is 0 Å². The number of carboxylic acids is 1. The second-order valence-electron chi connectivity index (χ2n) is 2.55. The maximum absolute atomic E-state index is 10.4. The number of H-pyrrole nitrogens is 1. The lowest BCUT2D eigenvalue weighted by Crippen LogP contribution is -2.11. The summed E-state index contributed by atoms with van der Waals surface area (Å²) in [4.78, 5) is 10.4. The lowest BCUT2D eigenvalue weighted by molar-refractivity contribution is -0.141. The summed E-state index contributed by atoms with van der Waals surface area (Å²) >= 11 is 0. The highest BCUT2D eigenvalue weighted by atomic mass is 16.4. The monoisotopic (exact) mass is 154 g/mol. The van der Waals surface area contributed by atoms with E-state index in [1.54, 1.807) is 19.3 Å². The van der Waals surface area contributed by atoms with Crippen LogP contribution in [0.5, 0.6) is 0 Å². The maximum Gasteiger partial charge on any atom is 0.306 e. The minimum atomic E-state index is -0.772. The number of rotatable bonds is 3. The first-order chi connectivity index (χ1) is 5.20. The molecule has 1 unspecified atom stereocenters. The highest BCUT2D eigenvalue weighted by Crippen LogP contribution is 2.05. The average molecular weight is 154 g/mol. The Labute approximate surface area is 64.2 Å². The van der Waals surface area contributed by atoms with Crippen molar-refractivity contribution >= 4 is 5.97 Å². The summed E-state index contributed by atoms with van der Waals surface area (Å²) in [5, 5.41) is 14.9. The van der Waals surface area contributed by atoms with Crippen LogP contribution in [0.1, 0.15) is 12.5 Å². The third-order valence-electron chi connectivity index (χ3n) is 1.52. The minimum absolute atomic E-state index is 0.340. The molecule has 0 saturated heterocycles. The Morgan fingerprint density at radius 3 is 3.09 bits per heavy atom. The molecule has 0 amide bonds. The fraction of sp³-hybridized carbons (Fsp3) is 0.429. The predicted molar refractivity (Wildman–Crippen MR) is 39.1 cm³/mol. The van der Waals surface area contributed by atoms with Gasteiger partial charge in [0.2, 0.25) is 0 Å². The van der Waals surface area contributed by atoms with Crippen LogP contribution in [-0.4, -0.2) is 21.3 Å². The Morgan fingerprint density at radius 2 is 2.64 bits per heavy atom. The lowest BCUT2D eigenvalue weighted by Gasteiger charge is -2.01. The van der Waals surface area contributed by atoms with Crippen molar-refractivity contribution in [3.05, 3.63) is 18.0 Å². The van der Waals surface area contributed by atoms with Crippen LogP contribution in [0.2, 0.25) is 0 Å². The third-order valence-corrected chi connectivity index (χ3v) is 1.52. The largest absolute Gasteiger partial charge is 0.481 e. The lowest BCUT2D eigenvalue weighted by atomic mass is 10.0. The van der Waals surface area contributed by atoms with Crippen LogP contribution < -0.4 is 0 Å². The summed E-state index contributed by atoms with van der Waals surface area (Å²) in [6.45, 7) is 1.68. The zero-order valence-electron chi connectivity index (χ0n) is 6.24. The molecule has 1 rings (SSSR count). The van der Waals surface area contributed by atoms with Crippen LogP contribution in [0.4, 0.5) is 0 Å². The second kappa shape index (κ2) is 3.18. The molecule has 4 heteroatoms. The predicted octanol–water partition coefficient (Wildman–Crippen LogP) is 0.673. The van der Waals surface area contributed by atoms with E-state index in [2.05, 4.69) is 10.2 Å². The van der Waals surface area contributed by atoms with Gasteiger partial charge in [-0.3, -0.25) is 9.89 Å². The number of nitrogens with one attached hydrogen (secondary N) is 1. The Bertz CT molecular complexity index is 231. The molecule has 0 aliphatic heterocycles. The maximum atomic E-state index is 10.4. The molecule has 4 nitrogen and oxygen atoms in total. The smallest absolute Gasteiger partial charge is 0.306 e. The summed E-state index contributed by atoms with van der Waals surface area (Å²) < 4.78 is 0. The van der Waals surface area contributed by atoms with Gasteiger partial charge < -0.3 is 5.11 Å². The van der Waals surface area contributed by atoms with Gasteiger partial charge in [-0.15, -0.1) is 0 Å². The summed E-state index contributed by atoms with van der Waals surface area (Å²) in [6.07, 6.45) is 3.88. The van der Waals surface area contributed by atoms with Crippen molar-refractivity contribution in [2.24, 2.45) is 5.92 Å². The van der Waals surface area contributed by atoms with Crippen molar-refractivity contribution in [3.63, 3.8) is 0 Å². The quantitative estimate of drug-likeness (QED) is 0.672. The van der Waals surface area contributed by atoms with Gasteiger partial charge in [0.1, 0.15) is 0 Å². The number of nitrogens with zero attached hydrogens (tertiary/aromatic N) is 1. The Kier molecular flexibility index (Phi) is 2.25. The molecule has 0 saturated carbocycles. The van der Waals surface area contributed by atoms with Gasteiger partial charge in [-0.2, -0.15) is 5.10 Å². The molecule has 11 heavy (non-hydrogen) atoms. The van der Waals surface area contributed by atoms with Crippen LogP contribution in [0.25, 0.3) is 0 Å². The zero-order chi connectivity index (χ0) is 8.27. The fourth-order valence-electron chi connectivity index (χ4n) is 0.830. The highest BCUT2D eigenvalue weighted by Gasteiger charge is 2.11. The van der Waals surface area contributed by atoms with Gasteiger partial charge in [-0.05, 0) is 12.0 Å². The molecule has 0 bridgehead atoms. The minimum Gasteiger partial charge on any atom is -0.481 e. The van der Waals surface area contributed by atoms with E-state index in [4.69, 9.17) is 5.11 Å². The van der Waals surface area contributed by atoms with E-state index in [1.165, 1.54) is 0 Å². The molecule has 0 aliphatic rings. The van der Waals surface area contributed by atoms with Gasteiger partial charge in [0.05, 0.1) is 12.1 Å². The van der Waals surface area contributed by atoms with Crippen molar-refractivity contribution in [1.82, 2.24) is 10.2 Å². The van der Waals surface area contributed by atoms with E-state index in [0.717, 1.165) is 5.56 Å². The van der Waals surface area contributed by atoms with Crippen LogP contribution in [0, 0.1) is 5.92 Å². The van der Waals surface area contributed by atoms with Crippen LogP contribution >= 0.6 is 0 Å². The summed E-state index contributed by atoms with van der Waals surface area (Å²) in [5.41, 5.74) is 0.930. The van der Waals surface area contributed by atoms with Crippen LogP contribution in [0.15, 0.2) is 12.4 Å². The molecule has 0 fully saturated rings. The number of aromatic nitrogens is 2. The topological polar surface area (TPSA) is 66.0 Å².